The summed E-state index contributed by atoms with van der Waals surface area (Å²) in [7, 11) is 0. The molecule has 11 atom stereocenters. The van der Waals surface area contributed by atoms with E-state index in [1.807, 2.05) is 0 Å². The maximum atomic E-state index is 13.0. The number of hydrogen-bond donors (Lipinski definition) is 7. The molecule has 7 N–H and O–H groups in total. The summed E-state index contributed by atoms with van der Waals surface area (Å²) in [5.41, 5.74) is 0. The van der Waals surface area contributed by atoms with Crippen LogP contribution in [0, 0.1) is 0 Å². The van der Waals surface area contributed by atoms with Gasteiger partial charge in [-0.2, -0.15) is 0 Å². The zero-order valence-electron chi connectivity index (χ0n) is 45.6. The third-order valence-corrected chi connectivity index (χ3v) is 13.5. The van der Waals surface area contributed by atoms with Gasteiger partial charge in [-0.1, -0.05) is 177 Å². The normalized spacial score (nSPS) is 25.1. The van der Waals surface area contributed by atoms with E-state index in [-0.39, 0.29) is 19.4 Å². The van der Waals surface area contributed by atoms with E-state index in [0.717, 1.165) is 57.8 Å². The Hall–Kier alpha value is -2.80. The molecule has 0 spiro atoms. The maximum Gasteiger partial charge on any atom is 0.306 e. The highest BCUT2D eigenvalue weighted by Gasteiger charge is 2.47. The fourth-order valence-corrected chi connectivity index (χ4v) is 8.79. The van der Waals surface area contributed by atoms with Crippen LogP contribution in [0.25, 0.3) is 0 Å². The van der Waals surface area contributed by atoms with Crippen LogP contribution in [0.2, 0.25) is 0 Å². The standard InChI is InChI=1S/C59H102O15/c1-3-5-7-9-11-13-15-17-19-20-21-22-23-24-25-26-28-29-31-33-35-37-39-41-50(61)69-44-47(72-51(62)42-40-38-36-34-32-30-27-18-16-14-12-10-8-6-4-2)45-70-58-57(68)55(66)53(64)49(74-58)46-71-59-56(67)54(65)52(63)48(43-60)73-59/h6,8,12,14,18,20-21,27,32,34,47-49,52-60,63-68H,3-5,7,9-11,13,15-17,19,22-26,28-31,33,35-46H2,1-2H3/b8-6-,14-12-,21-20-,27-18-,34-32-. The lowest BCUT2D eigenvalue weighted by atomic mass is 9.98. The van der Waals surface area contributed by atoms with Gasteiger partial charge in [-0.3, -0.25) is 9.59 Å². The van der Waals surface area contributed by atoms with Gasteiger partial charge in [-0.15, -0.1) is 0 Å². The molecular weight excluding hydrogens is 949 g/mol. The molecule has 15 heteroatoms. The molecule has 0 bridgehead atoms. The molecule has 15 nitrogen and oxygen atoms in total. The van der Waals surface area contributed by atoms with Gasteiger partial charge in [0.05, 0.1) is 19.8 Å². The molecule has 428 valence electrons. The fourth-order valence-electron chi connectivity index (χ4n) is 8.79. The van der Waals surface area contributed by atoms with Crippen molar-refractivity contribution in [2.45, 2.75) is 274 Å². The first-order valence-corrected chi connectivity index (χ1v) is 28.9. The second-order valence-corrected chi connectivity index (χ2v) is 20.1. The van der Waals surface area contributed by atoms with Crippen LogP contribution in [0.4, 0.5) is 0 Å². The summed E-state index contributed by atoms with van der Waals surface area (Å²) in [6.45, 7) is 2.45. The lowest BCUT2D eigenvalue weighted by Gasteiger charge is -2.42. The van der Waals surface area contributed by atoms with E-state index >= 15 is 0 Å². The largest absolute Gasteiger partial charge is 0.462 e. The van der Waals surface area contributed by atoms with Crippen molar-refractivity contribution in [2.75, 3.05) is 26.4 Å². The third-order valence-electron chi connectivity index (χ3n) is 13.5. The van der Waals surface area contributed by atoms with Crippen molar-refractivity contribution in [1.29, 1.82) is 0 Å². The Balaban J connectivity index is 1.74. The van der Waals surface area contributed by atoms with E-state index in [1.165, 1.54) is 109 Å². The predicted molar refractivity (Wildman–Crippen MR) is 289 cm³/mol. The van der Waals surface area contributed by atoms with Crippen molar-refractivity contribution in [1.82, 2.24) is 0 Å². The van der Waals surface area contributed by atoms with Gasteiger partial charge in [0.25, 0.3) is 0 Å². The van der Waals surface area contributed by atoms with Crippen molar-refractivity contribution in [2.24, 2.45) is 0 Å². The van der Waals surface area contributed by atoms with Gasteiger partial charge in [0, 0.05) is 12.8 Å². The minimum Gasteiger partial charge on any atom is -0.462 e. The van der Waals surface area contributed by atoms with E-state index in [4.69, 9.17) is 28.4 Å². The zero-order valence-corrected chi connectivity index (χ0v) is 45.6. The number of aliphatic hydroxyl groups excluding tert-OH is 7. The first-order valence-electron chi connectivity index (χ1n) is 28.9. The summed E-state index contributed by atoms with van der Waals surface area (Å²) in [5, 5.41) is 72.2. The Morgan fingerprint density at radius 3 is 1.38 bits per heavy atom. The molecule has 0 radical (unpaired) electrons. The number of ether oxygens (including phenoxy) is 6. The predicted octanol–water partition coefficient (Wildman–Crippen LogP) is 9.61. The van der Waals surface area contributed by atoms with E-state index in [0.29, 0.717) is 12.8 Å². The van der Waals surface area contributed by atoms with Crippen molar-refractivity contribution < 1.29 is 73.8 Å². The van der Waals surface area contributed by atoms with Crippen molar-refractivity contribution in [3.05, 3.63) is 60.8 Å². The van der Waals surface area contributed by atoms with Crippen LogP contribution in [-0.2, 0) is 38.0 Å². The zero-order chi connectivity index (χ0) is 53.9. The Bertz CT molecular complexity index is 1520. The van der Waals surface area contributed by atoms with Gasteiger partial charge in [-0.05, 0) is 77.0 Å². The summed E-state index contributed by atoms with van der Waals surface area (Å²) in [4.78, 5) is 25.8. The maximum absolute atomic E-state index is 13.0. The van der Waals surface area contributed by atoms with Gasteiger partial charge in [0.1, 0.15) is 55.4 Å². The smallest absolute Gasteiger partial charge is 0.306 e. The molecule has 2 fully saturated rings. The van der Waals surface area contributed by atoms with Crippen LogP contribution in [0.3, 0.4) is 0 Å². The fraction of sp³-hybridized carbons (Fsp3) is 0.797. The highest BCUT2D eigenvalue weighted by molar-refractivity contribution is 5.70. The van der Waals surface area contributed by atoms with Crippen LogP contribution >= 0.6 is 0 Å². The molecule has 0 aromatic carbocycles. The molecule has 11 unspecified atom stereocenters. The number of esters is 2. The average molecular weight is 1050 g/mol. The molecule has 2 aliphatic rings. The molecule has 0 aromatic heterocycles. The molecule has 2 rings (SSSR count). The Morgan fingerprint density at radius 1 is 0.446 bits per heavy atom. The van der Waals surface area contributed by atoms with Gasteiger partial charge < -0.3 is 64.2 Å². The molecule has 2 saturated heterocycles. The minimum atomic E-state index is -1.78. The van der Waals surface area contributed by atoms with E-state index < -0.39 is 99.3 Å². The average Bonchev–Trinajstić information content (AvgIpc) is 3.39. The summed E-state index contributed by atoms with van der Waals surface area (Å²) in [6, 6.07) is 0. The van der Waals surface area contributed by atoms with E-state index in [1.54, 1.807) is 0 Å². The van der Waals surface area contributed by atoms with Gasteiger partial charge in [0.15, 0.2) is 18.7 Å². The minimum absolute atomic E-state index is 0.111. The van der Waals surface area contributed by atoms with Crippen LogP contribution in [0.5, 0.6) is 0 Å². The Kier molecular flexibility index (Phi) is 41.2. The number of carbonyl (C=O) groups is 2. The molecule has 74 heavy (non-hydrogen) atoms. The quantitative estimate of drug-likeness (QED) is 0.0171. The molecule has 0 saturated carbocycles. The summed E-state index contributed by atoms with van der Waals surface area (Å²) >= 11 is 0. The Labute approximate surface area is 445 Å². The first kappa shape index (κ1) is 67.3. The van der Waals surface area contributed by atoms with Crippen molar-refractivity contribution >= 4 is 11.9 Å². The van der Waals surface area contributed by atoms with Gasteiger partial charge in [-0.25, -0.2) is 0 Å². The number of aliphatic hydroxyl groups is 7. The van der Waals surface area contributed by atoms with Crippen molar-refractivity contribution in [3.63, 3.8) is 0 Å². The van der Waals surface area contributed by atoms with Crippen LogP contribution in [0.15, 0.2) is 60.8 Å². The molecule has 2 aliphatic heterocycles. The molecular formula is C59H102O15. The Morgan fingerprint density at radius 2 is 0.851 bits per heavy atom. The summed E-state index contributed by atoms with van der Waals surface area (Å²) in [6.07, 6.45) is 36.8. The van der Waals surface area contributed by atoms with Crippen LogP contribution in [-0.4, -0.2) is 142 Å². The highest BCUT2D eigenvalue weighted by Crippen LogP contribution is 2.27. The lowest BCUT2D eigenvalue weighted by molar-refractivity contribution is -0.332. The number of hydrogen-bond acceptors (Lipinski definition) is 15. The lowest BCUT2D eigenvalue weighted by Crippen LogP contribution is -2.61. The van der Waals surface area contributed by atoms with Gasteiger partial charge >= 0.3 is 11.9 Å². The second-order valence-electron chi connectivity index (χ2n) is 20.1. The number of unbranched alkanes of at least 4 members (excludes halogenated alkanes) is 21. The molecule has 2 heterocycles. The van der Waals surface area contributed by atoms with Crippen molar-refractivity contribution in [3.8, 4) is 0 Å². The monoisotopic (exact) mass is 1050 g/mol. The third kappa shape index (κ3) is 32.1. The number of carbonyl (C=O) groups excluding carboxylic acids is 2. The first-order chi connectivity index (χ1) is 36.0. The number of allylic oxidation sites excluding steroid dienone is 10. The van der Waals surface area contributed by atoms with Gasteiger partial charge in [0.2, 0.25) is 0 Å². The molecule has 0 aromatic rings. The second kappa shape index (κ2) is 45.2. The summed E-state index contributed by atoms with van der Waals surface area (Å²) < 4.78 is 33.6. The van der Waals surface area contributed by atoms with E-state index in [2.05, 4.69) is 74.6 Å². The highest BCUT2D eigenvalue weighted by atomic mass is 16.7. The topological polar surface area (TPSA) is 231 Å². The molecule has 0 aliphatic carbocycles. The molecule has 0 amide bonds. The van der Waals surface area contributed by atoms with Crippen LogP contribution < -0.4 is 0 Å². The van der Waals surface area contributed by atoms with Crippen LogP contribution in [0.1, 0.15) is 206 Å². The van der Waals surface area contributed by atoms with E-state index in [9.17, 15) is 45.3 Å². The SMILES string of the molecule is CC/C=C\C/C=C\C/C=C\C/C=C\CCCCC(=O)OC(COC(=O)CCCCCCCCCCCCC/C=C\CCCCCCCCCC)COC1OC(COC2OC(CO)C(O)C(O)C2O)C(O)C(O)C1O. The number of rotatable bonds is 45. The summed E-state index contributed by atoms with van der Waals surface area (Å²) in [5.74, 6) is -0.973.